The molecule has 0 aliphatic rings. The molecular formula is C30H30F3N3O3. The Hall–Kier alpha value is -3.98. The van der Waals surface area contributed by atoms with Crippen molar-refractivity contribution in [3.8, 4) is 34.0 Å². The Bertz CT molecular complexity index is 1470. The van der Waals surface area contributed by atoms with Gasteiger partial charge in [0.25, 0.3) is 5.89 Å². The number of hydrogen-bond donors (Lipinski definition) is 1. The van der Waals surface area contributed by atoms with Crippen LogP contribution in [0.2, 0.25) is 0 Å². The lowest BCUT2D eigenvalue weighted by molar-refractivity contribution is -0.140. The number of hydrogen-bond acceptors (Lipinski definition) is 5. The van der Waals surface area contributed by atoms with Gasteiger partial charge in [-0.25, -0.2) is 0 Å². The number of alkyl halides is 3. The first-order chi connectivity index (χ1) is 18.3. The molecule has 4 rings (SSSR count). The van der Waals surface area contributed by atoms with Crippen LogP contribution in [0, 0.1) is 6.92 Å². The van der Waals surface area contributed by atoms with Gasteiger partial charge in [-0.1, -0.05) is 53.7 Å². The predicted molar refractivity (Wildman–Crippen MR) is 143 cm³/mol. The lowest BCUT2D eigenvalue weighted by Gasteiger charge is -2.39. The van der Waals surface area contributed by atoms with Crippen LogP contribution in [0.1, 0.15) is 50.4 Å². The summed E-state index contributed by atoms with van der Waals surface area (Å²) in [5.74, 6) is -0.270. The molecular weight excluding hydrogens is 507 g/mol. The van der Waals surface area contributed by atoms with Crippen LogP contribution < -0.4 is 0 Å². The maximum atomic E-state index is 13.5. The molecule has 1 heterocycles. The molecule has 1 N–H and O–H groups in total. The molecule has 1 atom stereocenters. The molecule has 0 amide bonds. The van der Waals surface area contributed by atoms with Crippen LogP contribution in [0.25, 0.3) is 34.0 Å². The fourth-order valence-corrected chi connectivity index (χ4v) is 4.71. The highest BCUT2D eigenvalue weighted by atomic mass is 19.4. The van der Waals surface area contributed by atoms with Gasteiger partial charge in [-0.3, -0.25) is 9.69 Å². The van der Waals surface area contributed by atoms with Crippen molar-refractivity contribution >= 4 is 5.97 Å². The van der Waals surface area contributed by atoms with Crippen LogP contribution in [-0.2, 0) is 11.0 Å². The molecule has 0 spiro atoms. The summed E-state index contributed by atoms with van der Waals surface area (Å²) in [6, 6.07) is 17.9. The average molecular weight is 538 g/mol. The van der Waals surface area contributed by atoms with Gasteiger partial charge in [0.1, 0.15) is 0 Å². The Balaban J connectivity index is 1.57. The van der Waals surface area contributed by atoms with E-state index in [9.17, 15) is 23.1 Å². The van der Waals surface area contributed by atoms with Gasteiger partial charge in [0.2, 0.25) is 5.82 Å². The largest absolute Gasteiger partial charge is 0.480 e. The smallest absolute Gasteiger partial charge is 0.417 e. The van der Waals surface area contributed by atoms with E-state index in [1.807, 2.05) is 56.9 Å². The van der Waals surface area contributed by atoms with E-state index in [0.29, 0.717) is 28.1 Å². The fraction of sp³-hybridized carbons (Fsp3) is 0.300. The minimum absolute atomic E-state index is 0.0827. The Morgan fingerprint density at radius 2 is 1.62 bits per heavy atom. The predicted octanol–water partition coefficient (Wildman–Crippen LogP) is 7.64. The molecule has 9 heteroatoms. The third-order valence-electron chi connectivity index (χ3n) is 6.71. The van der Waals surface area contributed by atoms with Crippen molar-refractivity contribution in [3.05, 3.63) is 83.4 Å². The summed E-state index contributed by atoms with van der Waals surface area (Å²) < 4.78 is 46.0. The first-order valence-corrected chi connectivity index (χ1v) is 12.5. The molecule has 6 nitrogen and oxygen atoms in total. The molecule has 39 heavy (non-hydrogen) atoms. The standard InChI is InChI=1S/C30H30F3N3O3/c1-18-16-22(14-15-23(18)24-8-6-7-9-25(24)30(31,32)33)28-34-27(35-39-28)21-12-10-20(11-13-21)19(2)36(17-26(37)38)29(3,4)5/h6-16,19H,17H2,1-5H3,(H,37,38)/t19-/m1/s1. The SMILES string of the molecule is Cc1cc(-c2nc(-c3ccc([C@@H](C)N(CC(=O)O)C(C)(C)C)cc3)no2)ccc1-c1ccccc1C(F)(F)F. The van der Waals surface area contributed by atoms with Gasteiger partial charge in [0.15, 0.2) is 0 Å². The molecule has 1 aromatic heterocycles. The minimum atomic E-state index is -4.46. The van der Waals surface area contributed by atoms with E-state index in [0.717, 1.165) is 11.6 Å². The second-order valence-electron chi connectivity index (χ2n) is 10.5. The molecule has 204 valence electrons. The molecule has 4 aromatic rings. The van der Waals surface area contributed by atoms with Gasteiger partial charge in [-0.2, -0.15) is 18.2 Å². The fourth-order valence-electron chi connectivity index (χ4n) is 4.71. The van der Waals surface area contributed by atoms with E-state index in [1.54, 1.807) is 31.2 Å². The number of aryl methyl sites for hydroxylation is 1. The molecule has 0 saturated heterocycles. The van der Waals surface area contributed by atoms with Crippen LogP contribution in [-0.4, -0.2) is 38.2 Å². The van der Waals surface area contributed by atoms with Gasteiger partial charge < -0.3 is 9.63 Å². The zero-order chi connectivity index (χ0) is 28.5. The minimum Gasteiger partial charge on any atom is -0.480 e. The van der Waals surface area contributed by atoms with E-state index in [4.69, 9.17) is 4.52 Å². The van der Waals surface area contributed by atoms with Crippen molar-refractivity contribution in [3.63, 3.8) is 0 Å². The molecule has 0 aliphatic carbocycles. The van der Waals surface area contributed by atoms with E-state index >= 15 is 0 Å². The third-order valence-corrected chi connectivity index (χ3v) is 6.71. The maximum absolute atomic E-state index is 13.5. The van der Waals surface area contributed by atoms with Gasteiger partial charge in [0, 0.05) is 22.7 Å². The third kappa shape index (κ3) is 6.20. The summed E-state index contributed by atoms with van der Waals surface area (Å²) in [7, 11) is 0. The van der Waals surface area contributed by atoms with Crippen molar-refractivity contribution in [2.24, 2.45) is 0 Å². The van der Waals surface area contributed by atoms with Crippen molar-refractivity contribution in [1.82, 2.24) is 15.0 Å². The first-order valence-electron chi connectivity index (χ1n) is 12.5. The Kier molecular flexibility index (Phi) is 7.66. The molecule has 0 unspecified atom stereocenters. The summed E-state index contributed by atoms with van der Waals surface area (Å²) in [4.78, 5) is 17.8. The van der Waals surface area contributed by atoms with Gasteiger partial charge >= 0.3 is 12.1 Å². The number of carboxylic acids is 1. The normalized spacial score (nSPS) is 13.1. The van der Waals surface area contributed by atoms with Crippen LogP contribution >= 0.6 is 0 Å². The topological polar surface area (TPSA) is 79.5 Å². The van der Waals surface area contributed by atoms with Gasteiger partial charge in [-0.15, -0.1) is 0 Å². The molecule has 0 saturated carbocycles. The number of rotatable bonds is 7. The highest BCUT2D eigenvalue weighted by Gasteiger charge is 2.33. The number of carboxylic acid groups (broad SMARTS) is 1. The lowest BCUT2D eigenvalue weighted by Crippen LogP contribution is -2.45. The maximum Gasteiger partial charge on any atom is 0.417 e. The first kappa shape index (κ1) is 28.0. The van der Waals surface area contributed by atoms with Crippen LogP contribution in [0.3, 0.4) is 0 Å². The van der Waals surface area contributed by atoms with Crippen molar-refractivity contribution in [2.75, 3.05) is 6.54 Å². The highest BCUT2D eigenvalue weighted by molar-refractivity contribution is 5.74. The number of carbonyl (C=O) groups is 1. The zero-order valence-corrected chi connectivity index (χ0v) is 22.4. The van der Waals surface area contributed by atoms with E-state index < -0.39 is 17.7 Å². The van der Waals surface area contributed by atoms with E-state index in [2.05, 4.69) is 10.1 Å². The number of halogens is 3. The van der Waals surface area contributed by atoms with Crippen LogP contribution in [0.5, 0.6) is 0 Å². The van der Waals surface area contributed by atoms with Crippen LogP contribution in [0.15, 0.2) is 71.3 Å². The van der Waals surface area contributed by atoms with E-state index in [-0.39, 0.29) is 29.6 Å². The van der Waals surface area contributed by atoms with Crippen molar-refractivity contribution < 1.29 is 27.6 Å². The van der Waals surface area contributed by atoms with Gasteiger partial charge in [-0.05, 0) is 75.1 Å². The van der Waals surface area contributed by atoms with Crippen molar-refractivity contribution in [1.29, 1.82) is 0 Å². The Morgan fingerprint density at radius 1 is 0.974 bits per heavy atom. The summed E-state index contributed by atoms with van der Waals surface area (Å²) in [6.07, 6.45) is -4.46. The highest BCUT2D eigenvalue weighted by Crippen LogP contribution is 2.39. The quantitative estimate of drug-likeness (QED) is 0.261. The lowest BCUT2D eigenvalue weighted by atomic mass is 9.94. The molecule has 3 aromatic carbocycles. The number of nitrogens with zero attached hydrogens (tertiary/aromatic N) is 3. The summed E-state index contributed by atoms with van der Waals surface area (Å²) in [6.45, 7) is 9.56. The van der Waals surface area contributed by atoms with Crippen molar-refractivity contribution in [2.45, 2.75) is 52.4 Å². The monoisotopic (exact) mass is 537 g/mol. The molecule has 0 bridgehead atoms. The number of benzene rings is 3. The summed E-state index contributed by atoms with van der Waals surface area (Å²) >= 11 is 0. The summed E-state index contributed by atoms with van der Waals surface area (Å²) in [5.41, 5.74) is 2.46. The van der Waals surface area contributed by atoms with Crippen LogP contribution in [0.4, 0.5) is 13.2 Å². The second kappa shape index (κ2) is 10.6. The molecule has 0 fully saturated rings. The second-order valence-corrected chi connectivity index (χ2v) is 10.5. The van der Waals surface area contributed by atoms with Gasteiger partial charge in [0.05, 0.1) is 12.1 Å². The summed E-state index contributed by atoms with van der Waals surface area (Å²) in [5, 5.41) is 13.4. The van der Waals surface area contributed by atoms with E-state index in [1.165, 1.54) is 12.1 Å². The molecule has 0 radical (unpaired) electrons. The Morgan fingerprint density at radius 3 is 2.21 bits per heavy atom. The molecule has 0 aliphatic heterocycles. The average Bonchev–Trinajstić information content (AvgIpc) is 3.36. The zero-order valence-electron chi connectivity index (χ0n) is 22.4. The number of aliphatic carboxylic acids is 1. The Labute approximate surface area is 225 Å². The number of aromatic nitrogens is 2.